The fourth-order valence-corrected chi connectivity index (χ4v) is 2.04. The Hall–Kier alpha value is -0.620. The van der Waals surface area contributed by atoms with Gasteiger partial charge in [-0.2, -0.15) is 5.10 Å². The second kappa shape index (κ2) is 6.35. The molecule has 1 aromatic rings. The lowest BCUT2D eigenvalue weighted by atomic mass is 10.0. The topological polar surface area (TPSA) is 59.3 Å². The molecule has 0 aromatic carbocycles. The van der Waals surface area contributed by atoms with E-state index in [9.17, 15) is 5.11 Å². The van der Waals surface area contributed by atoms with Crippen LogP contribution < -0.4 is 5.32 Å². The number of halogens is 1. The summed E-state index contributed by atoms with van der Waals surface area (Å²) >= 11 is 6.08. The van der Waals surface area contributed by atoms with E-state index < -0.39 is 5.60 Å². The zero-order valence-electron chi connectivity index (χ0n) is 10.5. The summed E-state index contributed by atoms with van der Waals surface area (Å²) in [4.78, 5) is 0. The van der Waals surface area contributed by atoms with Gasteiger partial charge in [-0.1, -0.05) is 18.5 Å². The van der Waals surface area contributed by atoms with Gasteiger partial charge < -0.3 is 15.2 Å². The number of nitrogens with one attached hydrogen (secondary N) is 1. The highest BCUT2D eigenvalue weighted by atomic mass is 35.5. The largest absolute Gasteiger partial charge is 0.383 e. The van der Waals surface area contributed by atoms with Gasteiger partial charge in [-0.15, -0.1) is 0 Å². The van der Waals surface area contributed by atoms with Gasteiger partial charge in [-0.3, -0.25) is 4.68 Å². The van der Waals surface area contributed by atoms with E-state index in [1.165, 1.54) is 0 Å². The van der Waals surface area contributed by atoms with E-state index in [1.54, 1.807) is 24.9 Å². The molecule has 1 heterocycles. The van der Waals surface area contributed by atoms with Crippen LogP contribution in [0.2, 0.25) is 5.02 Å². The predicted octanol–water partition coefficient (Wildman–Crippen LogP) is 1.000. The number of likely N-dealkylation sites (N-methyl/N-ethyl adjacent to an activating group) is 1. The molecule has 0 bridgehead atoms. The molecule has 5 nitrogen and oxygen atoms in total. The van der Waals surface area contributed by atoms with E-state index in [0.29, 0.717) is 30.4 Å². The van der Waals surface area contributed by atoms with Crippen LogP contribution in [0.5, 0.6) is 0 Å². The Morgan fingerprint density at radius 3 is 2.94 bits per heavy atom. The maximum absolute atomic E-state index is 10.4. The molecule has 0 spiro atoms. The summed E-state index contributed by atoms with van der Waals surface area (Å²) in [7, 11) is 1.63. The van der Waals surface area contributed by atoms with Gasteiger partial charge in [0.25, 0.3) is 0 Å². The fourth-order valence-electron chi connectivity index (χ4n) is 1.70. The first-order valence-electron chi connectivity index (χ1n) is 5.66. The van der Waals surface area contributed by atoms with Gasteiger partial charge in [0.05, 0.1) is 30.1 Å². The molecule has 1 aromatic heterocycles. The molecule has 6 heteroatoms. The SMILES string of the molecule is CCNCC(C)(O)c1c(Cl)cnn1CCOC. The van der Waals surface area contributed by atoms with Crippen LogP contribution in [0.4, 0.5) is 0 Å². The summed E-state index contributed by atoms with van der Waals surface area (Å²) in [6.07, 6.45) is 1.55. The second-order valence-electron chi connectivity index (χ2n) is 4.11. The lowest BCUT2D eigenvalue weighted by molar-refractivity contribution is 0.0464. The van der Waals surface area contributed by atoms with Crippen molar-refractivity contribution in [2.24, 2.45) is 0 Å². The van der Waals surface area contributed by atoms with E-state index in [4.69, 9.17) is 16.3 Å². The summed E-state index contributed by atoms with van der Waals surface area (Å²) in [5, 5.41) is 18.1. The molecule has 1 rings (SSSR count). The summed E-state index contributed by atoms with van der Waals surface area (Å²) in [6.45, 7) is 6.03. The maximum atomic E-state index is 10.4. The average molecular weight is 262 g/mol. The van der Waals surface area contributed by atoms with Gasteiger partial charge in [0.2, 0.25) is 0 Å². The van der Waals surface area contributed by atoms with Gasteiger partial charge >= 0.3 is 0 Å². The Bertz CT molecular complexity index is 352. The minimum Gasteiger partial charge on any atom is -0.383 e. The van der Waals surface area contributed by atoms with Crippen LogP contribution in [0.3, 0.4) is 0 Å². The molecule has 98 valence electrons. The minimum atomic E-state index is -1.04. The average Bonchev–Trinajstić information content (AvgIpc) is 2.66. The lowest BCUT2D eigenvalue weighted by Crippen LogP contribution is -2.37. The van der Waals surface area contributed by atoms with Crippen molar-refractivity contribution in [2.75, 3.05) is 26.8 Å². The van der Waals surface area contributed by atoms with Gasteiger partial charge in [0.15, 0.2) is 0 Å². The molecule has 0 radical (unpaired) electrons. The second-order valence-corrected chi connectivity index (χ2v) is 4.52. The highest BCUT2D eigenvalue weighted by Gasteiger charge is 2.29. The molecular formula is C11H20ClN3O2. The van der Waals surface area contributed by atoms with E-state index in [2.05, 4.69) is 10.4 Å². The molecule has 0 fully saturated rings. The van der Waals surface area contributed by atoms with Crippen molar-refractivity contribution in [1.82, 2.24) is 15.1 Å². The Morgan fingerprint density at radius 2 is 2.35 bits per heavy atom. The molecule has 0 aliphatic rings. The van der Waals surface area contributed by atoms with Gasteiger partial charge in [0.1, 0.15) is 5.60 Å². The van der Waals surface area contributed by atoms with Crippen molar-refractivity contribution < 1.29 is 9.84 Å². The Labute approximate surface area is 107 Å². The molecular weight excluding hydrogens is 242 g/mol. The molecule has 0 aliphatic carbocycles. The molecule has 0 saturated carbocycles. The number of nitrogens with zero attached hydrogens (tertiary/aromatic N) is 2. The normalized spacial score (nSPS) is 14.9. The van der Waals surface area contributed by atoms with Crippen molar-refractivity contribution in [1.29, 1.82) is 0 Å². The minimum absolute atomic E-state index is 0.432. The van der Waals surface area contributed by atoms with Crippen molar-refractivity contribution >= 4 is 11.6 Å². The van der Waals surface area contributed by atoms with E-state index in [1.807, 2.05) is 6.92 Å². The van der Waals surface area contributed by atoms with Crippen molar-refractivity contribution in [3.05, 3.63) is 16.9 Å². The number of ether oxygens (including phenoxy) is 1. The zero-order valence-corrected chi connectivity index (χ0v) is 11.3. The third kappa shape index (κ3) is 3.67. The fraction of sp³-hybridized carbons (Fsp3) is 0.727. The summed E-state index contributed by atoms with van der Waals surface area (Å²) in [5.41, 5.74) is -0.422. The third-order valence-electron chi connectivity index (χ3n) is 2.53. The van der Waals surface area contributed by atoms with E-state index >= 15 is 0 Å². The van der Waals surface area contributed by atoms with Crippen LogP contribution in [-0.2, 0) is 16.9 Å². The van der Waals surface area contributed by atoms with Gasteiger partial charge in [0, 0.05) is 13.7 Å². The first kappa shape index (κ1) is 14.4. The number of rotatable bonds is 7. The van der Waals surface area contributed by atoms with Crippen LogP contribution in [0, 0.1) is 0 Å². The van der Waals surface area contributed by atoms with Crippen LogP contribution >= 0.6 is 11.6 Å². The Kier molecular flexibility index (Phi) is 5.39. The summed E-state index contributed by atoms with van der Waals surface area (Å²) in [5.74, 6) is 0. The smallest absolute Gasteiger partial charge is 0.117 e. The highest BCUT2D eigenvalue weighted by Crippen LogP contribution is 2.27. The van der Waals surface area contributed by atoms with E-state index in [-0.39, 0.29) is 0 Å². The first-order valence-corrected chi connectivity index (χ1v) is 6.04. The van der Waals surface area contributed by atoms with Crippen LogP contribution in [0.15, 0.2) is 6.20 Å². The van der Waals surface area contributed by atoms with Crippen molar-refractivity contribution in [2.45, 2.75) is 26.0 Å². The zero-order chi connectivity index (χ0) is 12.9. The Morgan fingerprint density at radius 1 is 1.65 bits per heavy atom. The van der Waals surface area contributed by atoms with Crippen molar-refractivity contribution in [3.8, 4) is 0 Å². The number of methoxy groups -OCH3 is 1. The highest BCUT2D eigenvalue weighted by molar-refractivity contribution is 6.31. The molecule has 17 heavy (non-hydrogen) atoms. The molecule has 1 atom stereocenters. The third-order valence-corrected chi connectivity index (χ3v) is 2.81. The quantitative estimate of drug-likeness (QED) is 0.769. The lowest BCUT2D eigenvalue weighted by Gasteiger charge is -2.25. The number of aromatic nitrogens is 2. The molecule has 2 N–H and O–H groups in total. The van der Waals surface area contributed by atoms with Crippen LogP contribution in [-0.4, -0.2) is 41.7 Å². The monoisotopic (exact) mass is 261 g/mol. The predicted molar refractivity (Wildman–Crippen MR) is 67.2 cm³/mol. The maximum Gasteiger partial charge on any atom is 0.117 e. The van der Waals surface area contributed by atoms with Crippen LogP contribution in [0.25, 0.3) is 0 Å². The van der Waals surface area contributed by atoms with Gasteiger partial charge in [-0.05, 0) is 13.5 Å². The first-order chi connectivity index (χ1) is 8.03. The molecule has 0 aliphatic heterocycles. The number of hydrogen-bond acceptors (Lipinski definition) is 4. The number of hydrogen-bond donors (Lipinski definition) is 2. The van der Waals surface area contributed by atoms with Gasteiger partial charge in [-0.25, -0.2) is 0 Å². The number of aliphatic hydroxyl groups is 1. The molecule has 0 saturated heterocycles. The Balaban J connectivity index is 2.89. The molecule has 0 amide bonds. The van der Waals surface area contributed by atoms with E-state index in [0.717, 1.165) is 6.54 Å². The van der Waals surface area contributed by atoms with Crippen LogP contribution in [0.1, 0.15) is 19.5 Å². The molecule has 1 unspecified atom stereocenters. The summed E-state index contributed by atoms with van der Waals surface area (Å²) < 4.78 is 6.69. The standard InChI is InChI=1S/C11H20ClN3O2/c1-4-13-8-11(2,16)10-9(12)7-14-15(10)5-6-17-3/h7,13,16H,4-6,8H2,1-3H3. The summed E-state index contributed by atoms with van der Waals surface area (Å²) in [6, 6.07) is 0. The van der Waals surface area contributed by atoms with Crippen molar-refractivity contribution in [3.63, 3.8) is 0 Å².